The molecule has 314 valence electrons. The molecule has 0 spiro atoms. The molecule has 0 unspecified atom stereocenters. The van der Waals surface area contributed by atoms with Crippen molar-refractivity contribution in [3.63, 3.8) is 0 Å². The number of carboxylic acids is 2. The van der Waals surface area contributed by atoms with Gasteiger partial charge < -0.3 is 14.9 Å². The number of carboxylic acid groups (broad SMARTS) is 2. The Kier molecular flexibility index (Phi) is 15.5. The lowest BCUT2D eigenvalue weighted by Gasteiger charge is -2.18. The van der Waals surface area contributed by atoms with Crippen LogP contribution in [0.3, 0.4) is 0 Å². The van der Waals surface area contributed by atoms with E-state index in [1.165, 1.54) is 24.3 Å². The van der Waals surface area contributed by atoms with Crippen molar-refractivity contribution in [1.82, 2.24) is 0 Å². The van der Waals surface area contributed by atoms with E-state index in [4.69, 9.17) is 14.9 Å². The number of benzene rings is 4. The van der Waals surface area contributed by atoms with Gasteiger partial charge in [0.2, 0.25) is 0 Å². The van der Waals surface area contributed by atoms with E-state index in [0.29, 0.717) is 0 Å². The fourth-order valence-corrected chi connectivity index (χ4v) is 8.31. The minimum Gasteiger partial charge on any atom is -0.481 e. The third-order valence-electron chi connectivity index (χ3n) is 8.01. The Balaban J connectivity index is 1.41. The molecule has 4 aromatic carbocycles. The van der Waals surface area contributed by atoms with Crippen molar-refractivity contribution in [2.24, 2.45) is 0 Å². The van der Waals surface area contributed by atoms with Crippen LogP contribution in [0.4, 0.5) is 52.7 Å². The van der Waals surface area contributed by atoms with E-state index in [9.17, 15) is 62.3 Å². The van der Waals surface area contributed by atoms with Gasteiger partial charge in [0.1, 0.15) is 5.75 Å². The summed E-state index contributed by atoms with van der Waals surface area (Å²) in [7, 11) is 0. The molecule has 0 saturated carbocycles. The highest BCUT2D eigenvalue weighted by Gasteiger charge is 2.38. The molecular formula is C38H30F12O5S3. The second-order valence-electron chi connectivity index (χ2n) is 12.4. The van der Waals surface area contributed by atoms with Gasteiger partial charge in [-0.15, -0.1) is 23.5 Å². The highest BCUT2D eigenvalue weighted by molar-refractivity contribution is 7.99. The molecule has 5 nitrogen and oxygen atoms in total. The molecule has 0 radical (unpaired) electrons. The summed E-state index contributed by atoms with van der Waals surface area (Å²) in [6.07, 6.45) is -19.9. The molecule has 0 heterocycles. The van der Waals surface area contributed by atoms with Gasteiger partial charge in [0.15, 0.2) is 6.61 Å². The normalized spacial score (nSPS) is 12.5. The Labute approximate surface area is 335 Å². The lowest BCUT2D eigenvalue weighted by Crippen LogP contribution is -2.14. The Bertz CT molecular complexity index is 2080. The molecule has 58 heavy (non-hydrogen) atoms. The highest BCUT2D eigenvalue weighted by Crippen LogP contribution is 2.45. The van der Waals surface area contributed by atoms with Gasteiger partial charge in [-0.1, -0.05) is 30.0 Å². The summed E-state index contributed by atoms with van der Waals surface area (Å²) < 4.78 is 171. The molecular weight excluding hydrogens is 861 g/mol. The molecule has 2 N–H and O–H groups in total. The molecule has 0 fully saturated rings. The summed E-state index contributed by atoms with van der Waals surface area (Å²) in [6.45, 7) is -0.995. The molecule has 0 bridgehead atoms. The van der Waals surface area contributed by atoms with Crippen molar-refractivity contribution >= 4 is 47.2 Å². The fraction of sp³-hybridized carbons (Fsp3) is 0.316. The van der Waals surface area contributed by atoms with Gasteiger partial charge in [-0.3, -0.25) is 4.79 Å². The maximum Gasteiger partial charge on any atom is 0.420 e. The van der Waals surface area contributed by atoms with E-state index in [1.807, 2.05) is 0 Å². The first kappa shape index (κ1) is 46.5. The van der Waals surface area contributed by atoms with Crippen LogP contribution in [0.25, 0.3) is 0 Å². The zero-order valence-corrected chi connectivity index (χ0v) is 31.9. The quantitative estimate of drug-likeness (QED) is 0.0616. The average Bonchev–Trinajstić information content (AvgIpc) is 3.10. The van der Waals surface area contributed by atoms with Crippen molar-refractivity contribution in [2.75, 3.05) is 18.1 Å². The van der Waals surface area contributed by atoms with Gasteiger partial charge in [-0.05, 0) is 108 Å². The predicted octanol–water partition coefficient (Wildman–Crippen LogP) is 12.5. The van der Waals surface area contributed by atoms with E-state index in [2.05, 4.69) is 0 Å². The van der Waals surface area contributed by atoms with Gasteiger partial charge in [0.25, 0.3) is 0 Å². The van der Waals surface area contributed by atoms with Crippen LogP contribution in [-0.4, -0.2) is 40.3 Å². The largest absolute Gasteiger partial charge is 0.481 e. The van der Waals surface area contributed by atoms with Crippen molar-refractivity contribution in [3.05, 3.63) is 112 Å². The molecule has 0 atom stereocenters. The maximum atomic E-state index is 14.2. The van der Waals surface area contributed by atoms with E-state index in [1.54, 1.807) is 0 Å². The monoisotopic (exact) mass is 890 g/mol. The molecule has 4 rings (SSSR count). The van der Waals surface area contributed by atoms with Crippen LogP contribution >= 0.6 is 35.3 Å². The predicted molar refractivity (Wildman–Crippen MR) is 192 cm³/mol. The van der Waals surface area contributed by atoms with Crippen molar-refractivity contribution in [1.29, 1.82) is 0 Å². The first-order chi connectivity index (χ1) is 26.9. The number of carbonyl (C=O) groups is 2. The highest BCUT2D eigenvalue weighted by atomic mass is 32.2. The van der Waals surface area contributed by atoms with Gasteiger partial charge in [-0.2, -0.15) is 52.7 Å². The first-order valence-corrected chi connectivity index (χ1v) is 19.5. The third kappa shape index (κ3) is 13.7. The van der Waals surface area contributed by atoms with Crippen molar-refractivity contribution < 1.29 is 77.2 Å². The molecule has 0 aromatic heterocycles. The molecule has 0 aliphatic rings. The Morgan fingerprint density at radius 2 is 0.983 bits per heavy atom. The number of thioether (sulfide) groups is 2. The molecule has 20 heteroatoms. The number of aryl methyl sites for hydroxylation is 2. The van der Waals surface area contributed by atoms with Crippen molar-refractivity contribution in [2.45, 2.75) is 76.4 Å². The second kappa shape index (κ2) is 19.3. The van der Waals surface area contributed by atoms with Gasteiger partial charge >= 0.3 is 36.6 Å². The Morgan fingerprint density at radius 1 is 0.534 bits per heavy atom. The van der Waals surface area contributed by atoms with Crippen molar-refractivity contribution in [3.8, 4) is 5.75 Å². The van der Waals surface area contributed by atoms with Crippen LogP contribution in [0.5, 0.6) is 5.75 Å². The van der Waals surface area contributed by atoms with Gasteiger partial charge in [-0.25, -0.2) is 4.79 Å². The van der Waals surface area contributed by atoms with Gasteiger partial charge in [0.05, 0.1) is 28.7 Å². The summed E-state index contributed by atoms with van der Waals surface area (Å²) in [5, 5.41) is 17.6. The van der Waals surface area contributed by atoms with Crippen LogP contribution in [0.2, 0.25) is 0 Å². The minimum atomic E-state index is -4.96. The van der Waals surface area contributed by atoms with Crippen LogP contribution in [0.15, 0.2) is 92.4 Å². The maximum absolute atomic E-state index is 14.2. The van der Waals surface area contributed by atoms with E-state index in [0.717, 1.165) is 72.1 Å². The molecule has 4 aromatic rings. The molecule has 0 amide bonds. The topological polar surface area (TPSA) is 83.8 Å². The number of alkyl halides is 12. The third-order valence-corrected chi connectivity index (χ3v) is 11.3. The number of hydrogen-bond donors (Lipinski definition) is 2. The fourth-order valence-electron chi connectivity index (χ4n) is 5.45. The lowest BCUT2D eigenvalue weighted by atomic mass is 10.0. The zero-order valence-electron chi connectivity index (χ0n) is 29.5. The molecule has 0 saturated heterocycles. The van der Waals surface area contributed by atoms with E-state index >= 15 is 0 Å². The summed E-state index contributed by atoms with van der Waals surface area (Å²) in [5.41, 5.74) is -4.73. The minimum absolute atomic E-state index is 0.0489. The standard InChI is InChI=1S/C38H30F12O5S3/c39-35(40,41)26-18-24(8-7-23(26)17-33(51)52)56-13-1-3-21-5-11-31(28(15-21)37(45,46)47)58-32-12-6-22(16-29(32)38(48,49)50)4-2-14-57-25-9-10-30(55-20-34(53)54)27(19-25)36(42,43)44/h5-12,15-16,18-19H,1-4,13-14,17,20H2,(H,51,52)(H,53,54). The zero-order chi connectivity index (χ0) is 43.1. The summed E-state index contributed by atoms with van der Waals surface area (Å²) >= 11 is 2.23. The van der Waals surface area contributed by atoms with Crippen LogP contribution < -0.4 is 4.74 Å². The summed E-state index contributed by atoms with van der Waals surface area (Å²) in [5.74, 6) is -3.25. The number of ether oxygens (including phenoxy) is 1. The Hall–Kier alpha value is -4.17. The lowest BCUT2D eigenvalue weighted by molar-refractivity contribution is -0.143. The van der Waals surface area contributed by atoms with Crippen LogP contribution in [0, 0.1) is 0 Å². The van der Waals surface area contributed by atoms with E-state index < -0.39 is 93.0 Å². The number of rotatable bonds is 17. The second-order valence-corrected chi connectivity index (χ2v) is 15.8. The van der Waals surface area contributed by atoms with E-state index in [-0.39, 0.29) is 69.9 Å². The number of hydrogen-bond acceptors (Lipinski definition) is 6. The van der Waals surface area contributed by atoms with Crippen LogP contribution in [-0.2, 0) is 53.6 Å². The summed E-state index contributed by atoms with van der Waals surface area (Å²) in [6, 6.07) is 12.5. The SMILES string of the molecule is O=C(O)COc1ccc(SCCCc2ccc(Sc3ccc(CCCSc4ccc(CC(=O)O)c(C(F)(F)F)c4)cc3C(F)(F)F)c(C(F)(F)F)c2)cc1C(F)(F)F. The smallest absolute Gasteiger partial charge is 0.420 e. The molecule has 0 aliphatic carbocycles. The number of aliphatic carboxylic acids is 2. The number of halogens is 12. The molecule has 0 aliphatic heterocycles. The van der Waals surface area contributed by atoms with Gasteiger partial charge in [0, 0.05) is 19.6 Å². The first-order valence-electron chi connectivity index (χ1n) is 16.7. The van der Waals surface area contributed by atoms with Crippen LogP contribution in [0.1, 0.15) is 51.8 Å². The Morgan fingerprint density at radius 3 is 1.41 bits per heavy atom. The average molecular weight is 891 g/mol. The summed E-state index contributed by atoms with van der Waals surface area (Å²) in [4.78, 5) is 21.0.